The van der Waals surface area contributed by atoms with Gasteiger partial charge in [-0.15, -0.1) is 13.2 Å². The van der Waals surface area contributed by atoms with E-state index < -0.39 is 41.0 Å². The van der Waals surface area contributed by atoms with E-state index in [0.717, 1.165) is 30.3 Å². The molecule has 180 valence electrons. The number of hydrogen-bond donors (Lipinski definition) is 0. The van der Waals surface area contributed by atoms with Crippen LogP contribution in [-0.2, 0) is 11.0 Å². The summed E-state index contributed by atoms with van der Waals surface area (Å²) in [7, 11) is 0. The first-order chi connectivity index (χ1) is 15.8. The van der Waals surface area contributed by atoms with Crippen molar-refractivity contribution in [2.24, 2.45) is 5.92 Å². The first kappa shape index (κ1) is 23.7. The van der Waals surface area contributed by atoms with Crippen molar-refractivity contribution in [3.8, 4) is 23.0 Å². The van der Waals surface area contributed by atoms with E-state index in [1.807, 2.05) is 0 Å². The zero-order valence-corrected chi connectivity index (χ0v) is 17.8. The lowest BCUT2D eigenvalue weighted by molar-refractivity contribution is -0.274. The van der Waals surface area contributed by atoms with Crippen molar-refractivity contribution in [2.45, 2.75) is 39.2 Å². The van der Waals surface area contributed by atoms with Gasteiger partial charge in [0, 0.05) is 11.3 Å². The van der Waals surface area contributed by atoms with Crippen LogP contribution in [-0.4, -0.2) is 17.3 Å². The average Bonchev–Trinajstić information content (AvgIpc) is 3.56. The van der Waals surface area contributed by atoms with Gasteiger partial charge in [0.15, 0.2) is 0 Å². The molecule has 5 nitrogen and oxygen atoms in total. The molecule has 2 aromatic carbocycles. The Balaban J connectivity index is 1.81. The van der Waals surface area contributed by atoms with Gasteiger partial charge in [-0.1, -0.05) is 0 Å². The molecular formula is C23H17F6NO4. The molecule has 3 aromatic rings. The SMILES string of the molecule is Cc1nc2ccc(Oc3ccc(OC(F)(F)F)cc3)c(C(F)(F)F)c2c(OC(=O)C2CC2)c1C. The third-order valence-electron chi connectivity index (χ3n) is 5.23. The fraction of sp³-hybridized carbons (Fsp3) is 0.304. The number of fused-ring (bicyclic) bond motifs is 1. The van der Waals surface area contributed by atoms with Crippen LogP contribution in [0.4, 0.5) is 26.3 Å². The van der Waals surface area contributed by atoms with Crippen molar-refractivity contribution in [3.05, 3.63) is 53.2 Å². The van der Waals surface area contributed by atoms with Gasteiger partial charge in [-0.3, -0.25) is 9.78 Å². The number of aryl methyl sites for hydroxylation is 1. The highest BCUT2D eigenvalue weighted by atomic mass is 19.4. The monoisotopic (exact) mass is 485 g/mol. The Hall–Kier alpha value is -3.50. The van der Waals surface area contributed by atoms with Crippen LogP contribution >= 0.6 is 0 Å². The standard InChI is InChI=1S/C23H17F6NO4/c1-11-12(2)30-16-9-10-17(32-14-5-7-15(8-6-14)34-23(27,28)29)19(22(24,25)26)18(16)20(11)33-21(31)13-3-4-13/h5-10,13H,3-4H2,1-2H3. The summed E-state index contributed by atoms with van der Waals surface area (Å²) in [4.78, 5) is 16.5. The number of alkyl halides is 6. The van der Waals surface area contributed by atoms with Crippen LogP contribution in [0.25, 0.3) is 10.9 Å². The molecule has 4 rings (SSSR count). The van der Waals surface area contributed by atoms with E-state index >= 15 is 0 Å². The Kier molecular flexibility index (Phi) is 5.82. The van der Waals surface area contributed by atoms with Crippen molar-refractivity contribution in [1.29, 1.82) is 0 Å². The molecule has 1 aliphatic carbocycles. The number of carbonyl (C=O) groups excluding carboxylic acids is 1. The molecule has 0 saturated heterocycles. The molecule has 1 aromatic heterocycles. The molecule has 0 N–H and O–H groups in total. The highest BCUT2D eigenvalue weighted by Crippen LogP contribution is 2.47. The van der Waals surface area contributed by atoms with Crippen molar-refractivity contribution >= 4 is 16.9 Å². The van der Waals surface area contributed by atoms with E-state index in [-0.39, 0.29) is 28.5 Å². The molecule has 0 spiro atoms. The van der Waals surface area contributed by atoms with Gasteiger partial charge in [0.1, 0.15) is 28.6 Å². The summed E-state index contributed by atoms with van der Waals surface area (Å²) in [6.45, 7) is 3.09. The normalized spacial score (nSPS) is 14.2. The second-order valence-electron chi connectivity index (χ2n) is 7.80. The average molecular weight is 485 g/mol. The molecule has 1 aliphatic rings. The summed E-state index contributed by atoms with van der Waals surface area (Å²) in [6, 6.07) is 6.25. The van der Waals surface area contributed by atoms with E-state index in [0.29, 0.717) is 18.5 Å². The van der Waals surface area contributed by atoms with Crippen LogP contribution in [0.5, 0.6) is 23.0 Å². The van der Waals surface area contributed by atoms with Crippen LogP contribution < -0.4 is 14.2 Å². The van der Waals surface area contributed by atoms with Gasteiger partial charge < -0.3 is 14.2 Å². The van der Waals surface area contributed by atoms with Crippen LogP contribution in [0.3, 0.4) is 0 Å². The van der Waals surface area contributed by atoms with Crippen molar-refractivity contribution < 1.29 is 45.3 Å². The van der Waals surface area contributed by atoms with Gasteiger partial charge in [-0.25, -0.2) is 0 Å². The molecule has 0 aliphatic heterocycles. The molecular weight excluding hydrogens is 468 g/mol. The van der Waals surface area contributed by atoms with Crippen LogP contribution in [0.15, 0.2) is 36.4 Å². The smallest absolute Gasteiger partial charge is 0.457 e. The first-order valence-corrected chi connectivity index (χ1v) is 10.1. The van der Waals surface area contributed by atoms with Gasteiger partial charge in [0.2, 0.25) is 0 Å². The molecule has 1 saturated carbocycles. The number of aromatic nitrogens is 1. The molecule has 0 amide bonds. The maximum Gasteiger partial charge on any atom is 0.573 e. The van der Waals surface area contributed by atoms with E-state index in [2.05, 4.69) is 9.72 Å². The Bertz CT molecular complexity index is 1250. The quantitative estimate of drug-likeness (QED) is 0.291. The predicted octanol–water partition coefficient (Wildman–Crippen LogP) is 6.88. The molecule has 1 heterocycles. The zero-order valence-electron chi connectivity index (χ0n) is 17.8. The number of halogens is 6. The minimum Gasteiger partial charge on any atom is -0.457 e. The highest BCUT2D eigenvalue weighted by molar-refractivity contribution is 5.94. The summed E-state index contributed by atoms with van der Waals surface area (Å²) in [5, 5.41) is -0.431. The zero-order chi connectivity index (χ0) is 24.8. The van der Waals surface area contributed by atoms with Gasteiger partial charge >= 0.3 is 18.5 Å². The number of esters is 1. The number of carbonyl (C=O) groups is 1. The maximum absolute atomic E-state index is 14.3. The first-order valence-electron chi connectivity index (χ1n) is 10.1. The molecule has 11 heteroatoms. The van der Waals surface area contributed by atoms with Crippen molar-refractivity contribution in [2.75, 3.05) is 0 Å². The third kappa shape index (κ3) is 5.02. The lowest BCUT2D eigenvalue weighted by Crippen LogP contribution is -2.17. The van der Waals surface area contributed by atoms with Gasteiger partial charge in [-0.2, -0.15) is 13.2 Å². The van der Waals surface area contributed by atoms with Crippen LogP contribution in [0, 0.1) is 19.8 Å². The fourth-order valence-electron chi connectivity index (χ4n) is 3.35. The summed E-state index contributed by atoms with van der Waals surface area (Å²) >= 11 is 0. The predicted molar refractivity (Wildman–Crippen MR) is 108 cm³/mol. The molecule has 0 radical (unpaired) electrons. The van der Waals surface area contributed by atoms with E-state index in [9.17, 15) is 31.1 Å². The fourth-order valence-corrected chi connectivity index (χ4v) is 3.35. The maximum atomic E-state index is 14.3. The van der Waals surface area contributed by atoms with E-state index in [4.69, 9.17) is 9.47 Å². The number of pyridine rings is 1. The summed E-state index contributed by atoms with van der Waals surface area (Å²) in [5.74, 6) is -2.56. The number of benzene rings is 2. The Labute approximate surface area is 189 Å². The third-order valence-corrected chi connectivity index (χ3v) is 5.23. The lowest BCUT2D eigenvalue weighted by Gasteiger charge is -2.20. The largest absolute Gasteiger partial charge is 0.573 e. The Morgan fingerprint density at radius 3 is 2.12 bits per heavy atom. The topological polar surface area (TPSA) is 57.6 Å². The van der Waals surface area contributed by atoms with Gasteiger partial charge in [-0.05, 0) is 63.1 Å². The van der Waals surface area contributed by atoms with Gasteiger partial charge in [0.25, 0.3) is 0 Å². The van der Waals surface area contributed by atoms with Crippen LogP contribution in [0.1, 0.15) is 29.7 Å². The van der Waals surface area contributed by atoms with E-state index in [1.54, 1.807) is 6.92 Å². The number of hydrogen-bond acceptors (Lipinski definition) is 5. The van der Waals surface area contributed by atoms with Crippen molar-refractivity contribution in [1.82, 2.24) is 4.98 Å². The molecule has 0 unspecified atom stereocenters. The minimum absolute atomic E-state index is 0.0460. The molecule has 0 atom stereocenters. The molecule has 1 fully saturated rings. The second-order valence-corrected chi connectivity index (χ2v) is 7.80. The van der Waals surface area contributed by atoms with Crippen molar-refractivity contribution in [3.63, 3.8) is 0 Å². The number of ether oxygens (including phenoxy) is 3. The van der Waals surface area contributed by atoms with Crippen LogP contribution in [0.2, 0.25) is 0 Å². The molecule has 0 bridgehead atoms. The second kappa shape index (κ2) is 8.37. The van der Waals surface area contributed by atoms with E-state index in [1.165, 1.54) is 13.0 Å². The minimum atomic E-state index is -4.93. The Morgan fingerprint density at radius 2 is 1.56 bits per heavy atom. The summed E-state index contributed by atoms with van der Waals surface area (Å²) in [6.07, 6.45) is -8.64. The van der Waals surface area contributed by atoms with Gasteiger partial charge in [0.05, 0.1) is 16.8 Å². The number of nitrogens with zero attached hydrogens (tertiary/aromatic N) is 1. The highest BCUT2D eigenvalue weighted by Gasteiger charge is 2.40. The lowest BCUT2D eigenvalue weighted by atomic mass is 10.0. The summed E-state index contributed by atoms with van der Waals surface area (Å²) in [5.41, 5.74) is -0.587. The Morgan fingerprint density at radius 1 is 0.941 bits per heavy atom. The number of rotatable bonds is 5. The molecule has 34 heavy (non-hydrogen) atoms. The summed E-state index contributed by atoms with van der Waals surface area (Å²) < 4.78 is 94.4.